The highest BCUT2D eigenvalue weighted by atomic mass is 16.5. The van der Waals surface area contributed by atoms with Crippen molar-refractivity contribution in [2.24, 2.45) is 0 Å². The van der Waals surface area contributed by atoms with E-state index in [1.165, 1.54) is 0 Å². The number of benzene rings is 3. The largest absolute Gasteiger partial charge is 0.497 e. The summed E-state index contributed by atoms with van der Waals surface area (Å²) in [6.45, 7) is 0.554. The van der Waals surface area contributed by atoms with Crippen LogP contribution in [0.4, 0.5) is 11.4 Å². The number of hydrogen-bond donors (Lipinski definition) is 3. The van der Waals surface area contributed by atoms with Crippen LogP contribution in [0.1, 0.15) is 15.9 Å². The normalized spacial score (nSPS) is 10.1. The summed E-state index contributed by atoms with van der Waals surface area (Å²) < 4.78 is 5.11. The van der Waals surface area contributed by atoms with Crippen LogP contribution in [0.25, 0.3) is 0 Å². The quantitative estimate of drug-likeness (QED) is 0.549. The molecule has 0 aliphatic heterocycles. The van der Waals surface area contributed by atoms with Crippen LogP contribution in [-0.2, 0) is 11.3 Å². The van der Waals surface area contributed by atoms with E-state index in [0.29, 0.717) is 17.8 Å². The van der Waals surface area contributed by atoms with Crippen molar-refractivity contribution in [2.75, 3.05) is 24.3 Å². The lowest BCUT2D eigenvalue weighted by Crippen LogP contribution is -2.24. The monoisotopic (exact) mass is 389 g/mol. The van der Waals surface area contributed by atoms with Gasteiger partial charge in [0.2, 0.25) is 5.91 Å². The van der Waals surface area contributed by atoms with Crippen molar-refractivity contribution in [2.45, 2.75) is 6.54 Å². The maximum Gasteiger partial charge on any atom is 0.251 e. The molecule has 6 nitrogen and oxygen atoms in total. The molecule has 0 radical (unpaired) electrons. The molecule has 3 aromatic carbocycles. The second-order valence-electron chi connectivity index (χ2n) is 6.38. The zero-order valence-electron chi connectivity index (χ0n) is 16.1. The van der Waals surface area contributed by atoms with Crippen LogP contribution in [0.3, 0.4) is 0 Å². The molecule has 0 saturated carbocycles. The highest BCUT2D eigenvalue weighted by Gasteiger charge is 2.08. The van der Waals surface area contributed by atoms with Crippen LogP contribution in [0.5, 0.6) is 5.75 Å². The summed E-state index contributed by atoms with van der Waals surface area (Å²) in [6, 6.07) is 23.9. The molecule has 3 rings (SSSR count). The van der Waals surface area contributed by atoms with E-state index in [4.69, 9.17) is 4.74 Å². The third kappa shape index (κ3) is 6.10. The van der Waals surface area contributed by atoms with Crippen molar-refractivity contribution in [3.05, 3.63) is 90.0 Å². The molecule has 0 heterocycles. The van der Waals surface area contributed by atoms with Crippen LogP contribution in [0.2, 0.25) is 0 Å². The topological polar surface area (TPSA) is 79.5 Å². The first-order valence-corrected chi connectivity index (χ1v) is 9.24. The standard InChI is InChI=1S/C23H23N3O3/c1-29-21-12-10-19(11-13-21)24-16-22(27)26-20-9-5-8-18(14-20)23(28)25-15-17-6-3-2-4-7-17/h2-14,24H,15-16H2,1H3,(H,25,28)(H,26,27). The second kappa shape index (κ2) is 9.94. The molecule has 0 atom stereocenters. The van der Waals surface area contributed by atoms with E-state index in [9.17, 15) is 9.59 Å². The molecule has 0 aromatic heterocycles. The predicted octanol–water partition coefficient (Wildman–Crippen LogP) is 3.68. The minimum absolute atomic E-state index is 0.108. The van der Waals surface area contributed by atoms with Gasteiger partial charge in [-0.15, -0.1) is 0 Å². The second-order valence-corrected chi connectivity index (χ2v) is 6.38. The number of nitrogens with one attached hydrogen (secondary N) is 3. The third-order valence-electron chi connectivity index (χ3n) is 4.25. The maximum atomic E-state index is 12.4. The van der Waals surface area contributed by atoms with Gasteiger partial charge in [0.05, 0.1) is 13.7 Å². The average Bonchev–Trinajstić information content (AvgIpc) is 2.77. The molecule has 0 aliphatic carbocycles. The summed E-state index contributed by atoms with van der Waals surface area (Å²) in [5.41, 5.74) is 2.89. The Balaban J connectivity index is 1.51. The van der Waals surface area contributed by atoms with Crippen molar-refractivity contribution >= 4 is 23.2 Å². The number of hydrogen-bond acceptors (Lipinski definition) is 4. The fourth-order valence-electron chi connectivity index (χ4n) is 2.71. The highest BCUT2D eigenvalue weighted by molar-refractivity contribution is 5.98. The van der Waals surface area contributed by atoms with Gasteiger partial charge in [-0.25, -0.2) is 0 Å². The molecule has 3 aromatic rings. The number of rotatable bonds is 8. The first-order chi connectivity index (χ1) is 14.1. The van der Waals surface area contributed by atoms with Gasteiger partial charge < -0.3 is 20.7 Å². The smallest absolute Gasteiger partial charge is 0.251 e. The molecule has 0 saturated heterocycles. The fraction of sp³-hybridized carbons (Fsp3) is 0.130. The van der Waals surface area contributed by atoms with Crippen LogP contribution in [-0.4, -0.2) is 25.5 Å². The minimum atomic E-state index is -0.206. The van der Waals surface area contributed by atoms with Gasteiger partial charge in [0.25, 0.3) is 5.91 Å². The molecule has 148 valence electrons. The summed E-state index contributed by atoms with van der Waals surface area (Å²) in [4.78, 5) is 24.6. The molecule has 0 spiro atoms. The number of anilines is 2. The Bertz CT molecular complexity index is 957. The number of carbonyl (C=O) groups is 2. The molecule has 29 heavy (non-hydrogen) atoms. The Morgan fingerprint density at radius 1 is 0.862 bits per heavy atom. The Labute approximate surface area is 169 Å². The van der Waals surface area contributed by atoms with Crippen LogP contribution >= 0.6 is 0 Å². The Kier molecular flexibility index (Phi) is 6.84. The van der Waals surface area contributed by atoms with E-state index in [1.807, 2.05) is 54.6 Å². The summed E-state index contributed by atoms with van der Waals surface area (Å²) in [5, 5.41) is 8.72. The van der Waals surface area contributed by atoms with Crippen molar-refractivity contribution in [1.82, 2.24) is 5.32 Å². The number of methoxy groups -OCH3 is 1. The van der Waals surface area contributed by atoms with Crippen LogP contribution in [0, 0.1) is 0 Å². The molecule has 2 amide bonds. The maximum absolute atomic E-state index is 12.4. The summed E-state index contributed by atoms with van der Waals surface area (Å²) in [7, 11) is 1.60. The molecule has 0 fully saturated rings. The van der Waals surface area contributed by atoms with Crippen LogP contribution in [0.15, 0.2) is 78.9 Å². The van der Waals surface area contributed by atoms with E-state index in [1.54, 1.807) is 31.4 Å². The van der Waals surface area contributed by atoms with Crippen LogP contribution < -0.4 is 20.7 Å². The lowest BCUT2D eigenvalue weighted by atomic mass is 10.1. The molecule has 0 aliphatic rings. The first-order valence-electron chi connectivity index (χ1n) is 9.24. The number of amides is 2. The van der Waals surface area contributed by atoms with Gasteiger partial charge in [-0.3, -0.25) is 9.59 Å². The van der Waals surface area contributed by atoms with E-state index in [-0.39, 0.29) is 18.4 Å². The van der Waals surface area contributed by atoms with Gasteiger partial charge >= 0.3 is 0 Å². The first kappa shape index (κ1) is 19.9. The van der Waals surface area contributed by atoms with Gasteiger partial charge in [-0.1, -0.05) is 36.4 Å². The van der Waals surface area contributed by atoms with E-state index in [2.05, 4.69) is 16.0 Å². The lowest BCUT2D eigenvalue weighted by Gasteiger charge is -2.10. The summed E-state index contributed by atoms with van der Waals surface area (Å²) >= 11 is 0. The van der Waals surface area contributed by atoms with Crippen molar-refractivity contribution in [3.63, 3.8) is 0 Å². The summed E-state index contributed by atoms with van der Waals surface area (Å²) in [5.74, 6) is 0.353. The Hall–Kier alpha value is -3.80. The number of ether oxygens (including phenoxy) is 1. The zero-order chi connectivity index (χ0) is 20.5. The molecule has 3 N–H and O–H groups in total. The molecule has 0 bridgehead atoms. The molecular weight excluding hydrogens is 366 g/mol. The van der Waals surface area contributed by atoms with E-state index < -0.39 is 0 Å². The van der Waals surface area contributed by atoms with Crippen molar-refractivity contribution in [3.8, 4) is 5.75 Å². The van der Waals surface area contributed by atoms with Gasteiger partial charge in [0.15, 0.2) is 0 Å². The van der Waals surface area contributed by atoms with E-state index >= 15 is 0 Å². The predicted molar refractivity (Wildman–Crippen MR) is 114 cm³/mol. The van der Waals surface area contributed by atoms with Crippen molar-refractivity contribution < 1.29 is 14.3 Å². The zero-order valence-corrected chi connectivity index (χ0v) is 16.1. The van der Waals surface area contributed by atoms with Gasteiger partial charge in [-0.2, -0.15) is 0 Å². The van der Waals surface area contributed by atoms with Gasteiger partial charge in [0, 0.05) is 23.5 Å². The average molecular weight is 389 g/mol. The van der Waals surface area contributed by atoms with E-state index in [0.717, 1.165) is 17.0 Å². The SMILES string of the molecule is COc1ccc(NCC(=O)Nc2cccc(C(=O)NCc3ccccc3)c2)cc1. The molecular formula is C23H23N3O3. The van der Waals surface area contributed by atoms with Crippen molar-refractivity contribution in [1.29, 1.82) is 0 Å². The summed E-state index contributed by atoms with van der Waals surface area (Å²) in [6.07, 6.45) is 0. The lowest BCUT2D eigenvalue weighted by molar-refractivity contribution is -0.114. The molecule has 6 heteroatoms. The van der Waals surface area contributed by atoms with Gasteiger partial charge in [0.1, 0.15) is 5.75 Å². The Morgan fingerprint density at radius 2 is 1.62 bits per heavy atom. The number of carbonyl (C=O) groups excluding carboxylic acids is 2. The fourth-order valence-corrected chi connectivity index (χ4v) is 2.71. The highest BCUT2D eigenvalue weighted by Crippen LogP contribution is 2.15. The van der Waals surface area contributed by atoms with Gasteiger partial charge in [-0.05, 0) is 48.0 Å². The third-order valence-corrected chi connectivity index (χ3v) is 4.25. The molecule has 0 unspecified atom stereocenters. The Morgan fingerprint density at radius 3 is 2.34 bits per heavy atom. The minimum Gasteiger partial charge on any atom is -0.497 e.